The van der Waals surface area contributed by atoms with Crippen LogP contribution in [0, 0.1) is 10.8 Å². The predicted molar refractivity (Wildman–Crippen MR) is 190 cm³/mol. The third kappa shape index (κ3) is 4.51. The van der Waals surface area contributed by atoms with Crippen molar-refractivity contribution in [1.82, 2.24) is 19.9 Å². The van der Waals surface area contributed by atoms with Gasteiger partial charge >= 0.3 is 0 Å². The van der Waals surface area contributed by atoms with Gasteiger partial charge in [0.25, 0.3) is 0 Å². The minimum atomic E-state index is -0.629. The number of pyridine rings is 2. The number of rotatable bonds is 6. The van der Waals surface area contributed by atoms with Crippen LogP contribution in [0.5, 0.6) is 0 Å². The SMILES string of the molecule is CCC1(c2cccnc2)C2=C(CC(C)(C)CC2=O)Nc2nc(CC3(C)CC(=O)C4=C(C3)Nc3ncsc3C4(CC)c3ccccn3)sc21. The van der Waals surface area contributed by atoms with E-state index in [2.05, 4.69) is 56.3 Å². The molecular weight excluding hydrogens is 637 g/mol. The number of fused-ring (bicyclic) bond motifs is 2. The van der Waals surface area contributed by atoms with Crippen molar-refractivity contribution in [2.24, 2.45) is 10.8 Å². The van der Waals surface area contributed by atoms with Gasteiger partial charge in [0.05, 0.1) is 36.8 Å². The number of carbonyl (C=O) groups is 2. The number of hydrogen-bond acceptors (Lipinski definition) is 10. The number of aromatic nitrogens is 4. The van der Waals surface area contributed by atoms with Crippen molar-refractivity contribution in [3.8, 4) is 0 Å². The van der Waals surface area contributed by atoms with Gasteiger partial charge in [-0.3, -0.25) is 19.6 Å². The van der Waals surface area contributed by atoms with E-state index >= 15 is 0 Å². The van der Waals surface area contributed by atoms with E-state index < -0.39 is 10.8 Å². The smallest absolute Gasteiger partial charge is 0.162 e. The van der Waals surface area contributed by atoms with Gasteiger partial charge in [0.1, 0.15) is 11.6 Å². The summed E-state index contributed by atoms with van der Waals surface area (Å²) in [6.07, 6.45) is 9.99. The number of nitrogens with zero attached hydrogens (tertiary/aromatic N) is 4. The molecule has 48 heavy (non-hydrogen) atoms. The number of ketones is 2. The molecule has 0 fully saturated rings. The first-order valence-electron chi connectivity index (χ1n) is 16.9. The van der Waals surface area contributed by atoms with Crippen LogP contribution in [0.3, 0.4) is 0 Å². The minimum absolute atomic E-state index is 0.137. The van der Waals surface area contributed by atoms with Crippen LogP contribution in [0.1, 0.15) is 99.2 Å². The molecule has 2 N–H and O–H groups in total. The lowest BCUT2D eigenvalue weighted by molar-refractivity contribution is -0.119. The van der Waals surface area contributed by atoms with E-state index in [0.717, 1.165) is 73.0 Å². The number of thiazole rings is 2. The zero-order valence-corrected chi connectivity index (χ0v) is 29.7. The van der Waals surface area contributed by atoms with E-state index in [1.807, 2.05) is 42.2 Å². The highest BCUT2D eigenvalue weighted by molar-refractivity contribution is 7.12. The molecule has 0 radical (unpaired) electrons. The van der Waals surface area contributed by atoms with E-state index in [9.17, 15) is 9.59 Å². The molecule has 3 atom stereocenters. The highest BCUT2D eigenvalue weighted by Gasteiger charge is 2.54. The maximum absolute atomic E-state index is 14.5. The second kappa shape index (κ2) is 11.0. The summed E-state index contributed by atoms with van der Waals surface area (Å²) in [7, 11) is 0. The maximum atomic E-state index is 14.5. The van der Waals surface area contributed by atoms with Crippen molar-refractivity contribution in [3.05, 3.63) is 103 Å². The molecule has 6 heterocycles. The standard InChI is InChI=1S/C38H40N6O2S2/c1-6-37(22-11-10-13-39-20-22)29-23(15-35(3,4)17-25(29)45)43-34-32(37)48-28(44-34)19-36(5)16-24-30(26(46)18-36)38(7-2,27-12-8-9-14-40-27)31-33(42-24)41-21-47-31/h8-14,20-21,42-43H,6-7,15-19H2,1-5H3. The van der Waals surface area contributed by atoms with E-state index in [0.29, 0.717) is 32.1 Å². The van der Waals surface area contributed by atoms with Crippen molar-refractivity contribution in [1.29, 1.82) is 0 Å². The van der Waals surface area contributed by atoms with Crippen LogP contribution in [0.15, 0.2) is 77.0 Å². The number of carbonyl (C=O) groups excluding carboxylic acids is 2. The zero-order valence-electron chi connectivity index (χ0n) is 28.1. The van der Waals surface area contributed by atoms with E-state index in [4.69, 9.17) is 15.0 Å². The third-order valence-electron chi connectivity index (χ3n) is 10.9. The molecule has 0 saturated carbocycles. The van der Waals surface area contributed by atoms with Crippen molar-refractivity contribution < 1.29 is 9.59 Å². The Kier molecular flexibility index (Phi) is 7.16. The molecule has 8 rings (SSSR count). The Morgan fingerprint density at radius 2 is 1.54 bits per heavy atom. The molecule has 8 nitrogen and oxygen atoms in total. The highest BCUT2D eigenvalue weighted by Crippen LogP contribution is 2.58. The summed E-state index contributed by atoms with van der Waals surface area (Å²) in [6, 6.07) is 10.0. The number of nitrogens with one attached hydrogen (secondary N) is 2. The van der Waals surface area contributed by atoms with Crippen molar-refractivity contribution in [2.75, 3.05) is 10.6 Å². The molecule has 2 aliphatic carbocycles. The Morgan fingerprint density at radius 3 is 2.27 bits per heavy atom. The van der Waals surface area contributed by atoms with Gasteiger partial charge in [-0.15, -0.1) is 22.7 Å². The summed E-state index contributed by atoms with van der Waals surface area (Å²) < 4.78 is 0. The molecule has 0 saturated heterocycles. The quantitative estimate of drug-likeness (QED) is 0.211. The third-order valence-corrected chi connectivity index (χ3v) is 13.2. The molecule has 4 aromatic rings. The molecular formula is C38H40N6O2S2. The van der Waals surface area contributed by atoms with Gasteiger partial charge in [-0.2, -0.15) is 0 Å². The summed E-state index contributed by atoms with van der Waals surface area (Å²) in [6.45, 7) is 10.8. The molecule has 10 heteroatoms. The average Bonchev–Trinajstić information content (AvgIpc) is 3.69. The summed E-state index contributed by atoms with van der Waals surface area (Å²) in [5.74, 6) is 2.01. The van der Waals surface area contributed by atoms with Crippen LogP contribution in [0.4, 0.5) is 11.6 Å². The largest absolute Gasteiger partial charge is 0.342 e. The Bertz CT molecular complexity index is 2030. The lowest BCUT2D eigenvalue weighted by Gasteiger charge is -2.45. The second-order valence-corrected chi connectivity index (χ2v) is 16.9. The van der Waals surface area contributed by atoms with Crippen LogP contribution >= 0.6 is 22.7 Å². The van der Waals surface area contributed by atoms with Crippen LogP contribution in [0.2, 0.25) is 0 Å². The predicted octanol–water partition coefficient (Wildman–Crippen LogP) is 8.14. The summed E-state index contributed by atoms with van der Waals surface area (Å²) in [5.41, 5.74) is 5.65. The molecule has 0 aromatic carbocycles. The molecule has 246 valence electrons. The second-order valence-electron chi connectivity index (χ2n) is 15.0. The van der Waals surface area contributed by atoms with E-state index in [1.54, 1.807) is 28.9 Å². The normalized spacial score (nSPS) is 27.4. The van der Waals surface area contributed by atoms with Gasteiger partial charge in [-0.05, 0) is 60.3 Å². The fourth-order valence-electron chi connectivity index (χ4n) is 9.01. The van der Waals surface area contributed by atoms with Gasteiger partial charge in [-0.1, -0.05) is 46.8 Å². The van der Waals surface area contributed by atoms with Gasteiger partial charge in [-0.25, -0.2) is 9.97 Å². The van der Waals surface area contributed by atoms with Crippen LogP contribution in [-0.4, -0.2) is 31.5 Å². The molecule has 2 aliphatic heterocycles. The Balaban J connectivity index is 1.20. The van der Waals surface area contributed by atoms with Crippen LogP contribution < -0.4 is 10.6 Å². The first-order chi connectivity index (χ1) is 23.0. The van der Waals surface area contributed by atoms with Gasteiger partial charge in [0.2, 0.25) is 0 Å². The number of allylic oxidation sites excluding steroid dienone is 4. The maximum Gasteiger partial charge on any atom is 0.162 e. The van der Waals surface area contributed by atoms with Gasteiger partial charge in [0.15, 0.2) is 11.6 Å². The van der Waals surface area contributed by atoms with E-state index in [-0.39, 0.29) is 22.4 Å². The van der Waals surface area contributed by atoms with Gasteiger partial charge < -0.3 is 10.6 Å². The number of Topliss-reactive ketones (excluding diaryl/α,β-unsaturated/α-hetero) is 2. The molecule has 0 amide bonds. The molecule has 0 spiro atoms. The number of hydrogen-bond donors (Lipinski definition) is 2. The monoisotopic (exact) mass is 676 g/mol. The molecule has 4 aromatic heterocycles. The first kappa shape index (κ1) is 31.3. The van der Waals surface area contributed by atoms with Crippen molar-refractivity contribution in [2.45, 2.75) is 90.4 Å². The fourth-order valence-corrected chi connectivity index (χ4v) is 11.6. The zero-order chi connectivity index (χ0) is 33.5. The fraction of sp³-hybridized carbons (Fsp3) is 0.421. The minimum Gasteiger partial charge on any atom is -0.342 e. The average molecular weight is 677 g/mol. The summed E-state index contributed by atoms with van der Waals surface area (Å²) >= 11 is 3.26. The summed E-state index contributed by atoms with van der Waals surface area (Å²) in [5, 5.41) is 8.21. The highest BCUT2D eigenvalue weighted by atomic mass is 32.1. The topological polar surface area (TPSA) is 110 Å². The molecule has 0 bridgehead atoms. The number of anilines is 2. The molecule has 4 aliphatic rings. The van der Waals surface area contributed by atoms with Crippen LogP contribution in [-0.2, 0) is 26.8 Å². The Labute approximate surface area is 289 Å². The van der Waals surface area contributed by atoms with Gasteiger partial charge in [0, 0.05) is 60.4 Å². The van der Waals surface area contributed by atoms with Crippen molar-refractivity contribution in [3.63, 3.8) is 0 Å². The summed E-state index contributed by atoms with van der Waals surface area (Å²) in [4.78, 5) is 49.9. The van der Waals surface area contributed by atoms with Crippen LogP contribution in [0.25, 0.3) is 0 Å². The Morgan fingerprint density at radius 1 is 0.792 bits per heavy atom. The van der Waals surface area contributed by atoms with Crippen molar-refractivity contribution >= 4 is 45.9 Å². The first-order valence-corrected chi connectivity index (χ1v) is 18.6. The lowest BCUT2D eigenvalue weighted by atomic mass is 9.62. The lowest BCUT2D eigenvalue weighted by Crippen LogP contribution is -2.44. The molecule has 3 unspecified atom stereocenters. The Hall–Kier alpha value is -4.02. The van der Waals surface area contributed by atoms with E-state index in [1.165, 1.54) is 0 Å².